The monoisotopic (exact) mass is 170 g/mol. The number of rotatable bonds is 0. The van der Waals surface area contributed by atoms with Gasteiger partial charge in [0.2, 0.25) is 5.16 Å². The van der Waals surface area contributed by atoms with Crippen LogP contribution in [0.2, 0.25) is 0 Å². The van der Waals surface area contributed by atoms with Gasteiger partial charge in [-0.25, -0.2) is 0 Å². The van der Waals surface area contributed by atoms with Crippen LogP contribution in [0, 0.1) is 0 Å². The molecule has 1 saturated carbocycles. The van der Waals surface area contributed by atoms with Crippen molar-refractivity contribution in [3.63, 3.8) is 0 Å². The standard InChI is InChI=1S/C4H8.C2HF3S/c1-2-4-3-1;3-1(4)2(5)6/h1-4H2;6H. The number of hydrogen-bond acceptors (Lipinski definition) is 1. The zero-order valence-electron chi connectivity index (χ0n) is 5.41. The summed E-state index contributed by atoms with van der Waals surface area (Å²) in [4.78, 5) is 0. The maximum absolute atomic E-state index is 10.8. The van der Waals surface area contributed by atoms with Gasteiger partial charge in [-0.2, -0.15) is 13.2 Å². The summed E-state index contributed by atoms with van der Waals surface area (Å²) >= 11 is 2.66. The molecule has 4 heteroatoms. The highest BCUT2D eigenvalue weighted by molar-refractivity contribution is 7.84. The maximum atomic E-state index is 10.8. The van der Waals surface area contributed by atoms with Crippen LogP contribution in [0.4, 0.5) is 13.2 Å². The van der Waals surface area contributed by atoms with Crippen LogP contribution in [0.5, 0.6) is 0 Å². The summed E-state index contributed by atoms with van der Waals surface area (Å²) in [5.74, 6) is 0. The Bertz CT molecular complexity index is 96.2. The van der Waals surface area contributed by atoms with Crippen LogP contribution in [0.1, 0.15) is 25.7 Å². The molecule has 0 aromatic rings. The fourth-order valence-electron chi connectivity index (χ4n) is 0.250. The molecular formula is C6H9F3S. The van der Waals surface area contributed by atoms with Crippen molar-refractivity contribution in [1.29, 1.82) is 0 Å². The van der Waals surface area contributed by atoms with Crippen LogP contribution in [-0.2, 0) is 0 Å². The average Bonchev–Trinajstić information content (AvgIpc) is 1.59. The van der Waals surface area contributed by atoms with Crippen molar-refractivity contribution in [3.8, 4) is 0 Å². The lowest BCUT2D eigenvalue weighted by atomic mass is 10.0. The molecule has 1 rings (SSSR count). The average molecular weight is 170 g/mol. The third-order valence-electron chi connectivity index (χ3n) is 1.16. The molecule has 0 unspecified atom stereocenters. The second-order valence-electron chi connectivity index (χ2n) is 1.97. The predicted molar refractivity (Wildman–Crippen MR) is 37.8 cm³/mol. The van der Waals surface area contributed by atoms with Crippen LogP contribution in [0.25, 0.3) is 0 Å². The van der Waals surface area contributed by atoms with Gasteiger partial charge < -0.3 is 0 Å². The van der Waals surface area contributed by atoms with Gasteiger partial charge in [0, 0.05) is 0 Å². The van der Waals surface area contributed by atoms with Crippen molar-refractivity contribution in [3.05, 3.63) is 11.2 Å². The van der Waals surface area contributed by atoms with Gasteiger partial charge in [0.1, 0.15) is 0 Å². The Kier molecular flexibility index (Phi) is 5.58. The lowest BCUT2D eigenvalue weighted by Gasteiger charge is -2.05. The molecule has 1 aliphatic carbocycles. The lowest BCUT2D eigenvalue weighted by Crippen LogP contribution is -1.85. The summed E-state index contributed by atoms with van der Waals surface area (Å²) < 4.78 is 32.0. The smallest absolute Gasteiger partial charge is 0.194 e. The molecule has 0 aromatic heterocycles. The van der Waals surface area contributed by atoms with E-state index in [0.717, 1.165) is 0 Å². The molecule has 0 saturated heterocycles. The summed E-state index contributed by atoms with van der Waals surface area (Å²) in [6, 6.07) is 0. The van der Waals surface area contributed by atoms with Gasteiger partial charge in [0.05, 0.1) is 0 Å². The van der Waals surface area contributed by atoms with Gasteiger partial charge in [-0.05, 0) is 0 Å². The van der Waals surface area contributed by atoms with E-state index in [1.165, 1.54) is 25.7 Å². The molecule has 1 fully saturated rings. The van der Waals surface area contributed by atoms with Crippen LogP contribution in [0.15, 0.2) is 11.2 Å². The predicted octanol–water partition coefficient (Wildman–Crippen LogP) is 3.51. The van der Waals surface area contributed by atoms with Crippen LogP contribution >= 0.6 is 12.6 Å². The summed E-state index contributed by atoms with van der Waals surface area (Å²) in [7, 11) is 0. The van der Waals surface area contributed by atoms with Crippen molar-refractivity contribution in [2.24, 2.45) is 0 Å². The molecule has 0 radical (unpaired) electrons. The van der Waals surface area contributed by atoms with E-state index in [2.05, 4.69) is 12.6 Å². The third kappa shape index (κ3) is 6.01. The Morgan fingerprint density at radius 2 is 1.10 bits per heavy atom. The fraction of sp³-hybridized carbons (Fsp3) is 0.667. The highest BCUT2D eigenvalue weighted by Crippen LogP contribution is 2.15. The van der Waals surface area contributed by atoms with Gasteiger partial charge in [-0.1, -0.05) is 25.7 Å². The Hall–Kier alpha value is -0.120. The maximum Gasteiger partial charge on any atom is 0.312 e. The van der Waals surface area contributed by atoms with E-state index >= 15 is 0 Å². The first kappa shape index (κ1) is 9.88. The first-order valence-corrected chi connectivity index (χ1v) is 3.49. The molecule has 0 amide bonds. The Morgan fingerprint density at radius 1 is 0.900 bits per heavy atom. The topological polar surface area (TPSA) is 0 Å². The van der Waals surface area contributed by atoms with E-state index in [1.54, 1.807) is 0 Å². The summed E-state index contributed by atoms with van der Waals surface area (Å²) in [6.45, 7) is 0. The Labute approximate surface area is 63.5 Å². The van der Waals surface area contributed by atoms with E-state index in [0.29, 0.717) is 0 Å². The van der Waals surface area contributed by atoms with E-state index in [1.807, 2.05) is 0 Å². The molecule has 0 heterocycles. The number of hydrogen-bond donors (Lipinski definition) is 1. The molecule has 60 valence electrons. The molecule has 0 bridgehead atoms. The SMILES string of the molecule is C1CCC1.FC(F)=C(F)S. The largest absolute Gasteiger partial charge is 0.312 e. The summed E-state index contributed by atoms with van der Waals surface area (Å²) in [5, 5.41) is -1.71. The van der Waals surface area contributed by atoms with Gasteiger partial charge in [0.15, 0.2) is 0 Å². The zero-order chi connectivity index (χ0) is 7.98. The molecule has 0 aliphatic heterocycles. The zero-order valence-corrected chi connectivity index (χ0v) is 6.30. The molecule has 0 spiro atoms. The second kappa shape index (κ2) is 5.65. The number of thiol groups is 1. The molecular weight excluding hydrogens is 161 g/mol. The van der Waals surface area contributed by atoms with E-state index in [4.69, 9.17) is 0 Å². The third-order valence-corrected chi connectivity index (χ3v) is 1.32. The van der Waals surface area contributed by atoms with Gasteiger partial charge in [-0.15, -0.1) is 12.6 Å². The van der Waals surface area contributed by atoms with Crippen LogP contribution < -0.4 is 0 Å². The molecule has 0 atom stereocenters. The molecule has 0 nitrogen and oxygen atoms in total. The normalized spacial score (nSPS) is 14.4. The van der Waals surface area contributed by atoms with Crippen molar-refractivity contribution >= 4 is 12.6 Å². The van der Waals surface area contributed by atoms with Gasteiger partial charge >= 0.3 is 6.08 Å². The highest BCUT2D eigenvalue weighted by atomic mass is 32.1. The quantitative estimate of drug-likeness (QED) is 0.528. The number of halogens is 3. The molecule has 1 aliphatic rings. The minimum absolute atomic E-state index is 1.50. The minimum atomic E-state index is -2.38. The summed E-state index contributed by atoms with van der Waals surface area (Å²) in [6.07, 6.45) is 3.62. The first-order chi connectivity index (χ1) is 4.64. The fourth-order valence-corrected chi connectivity index (χ4v) is 0.250. The molecule has 10 heavy (non-hydrogen) atoms. The first-order valence-electron chi connectivity index (χ1n) is 3.04. The van der Waals surface area contributed by atoms with Gasteiger partial charge in [-0.3, -0.25) is 0 Å². The van der Waals surface area contributed by atoms with Crippen LogP contribution in [0.3, 0.4) is 0 Å². The minimum Gasteiger partial charge on any atom is -0.194 e. The second-order valence-corrected chi connectivity index (χ2v) is 2.36. The van der Waals surface area contributed by atoms with Crippen molar-refractivity contribution in [2.75, 3.05) is 0 Å². The lowest BCUT2D eigenvalue weighted by molar-refractivity contribution is 0.395. The highest BCUT2D eigenvalue weighted by Gasteiger charge is 1.95. The Morgan fingerprint density at radius 3 is 1.10 bits per heavy atom. The Balaban J connectivity index is 0.000000172. The summed E-state index contributed by atoms with van der Waals surface area (Å²) in [5.41, 5.74) is 0. The van der Waals surface area contributed by atoms with Crippen molar-refractivity contribution in [1.82, 2.24) is 0 Å². The van der Waals surface area contributed by atoms with E-state index in [-0.39, 0.29) is 0 Å². The van der Waals surface area contributed by atoms with Crippen molar-refractivity contribution < 1.29 is 13.2 Å². The van der Waals surface area contributed by atoms with E-state index in [9.17, 15) is 13.2 Å². The van der Waals surface area contributed by atoms with Crippen molar-refractivity contribution in [2.45, 2.75) is 25.7 Å². The van der Waals surface area contributed by atoms with E-state index < -0.39 is 11.2 Å². The molecule has 0 aromatic carbocycles. The van der Waals surface area contributed by atoms with Crippen LogP contribution in [-0.4, -0.2) is 0 Å². The molecule has 0 N–H and O–H groups in total. The van der Waals surface area contributed by atoms with Gasteiger partial charge in [0.25, 0.3) is 0 Å².